The molecule has 1 aromatic carbocycles. The van der Waals surface area contributed by atoms with E-state index >= 15 is 0 Å². The highest BCUT2D eigenvalue weighted by Crippen LogP contribution is 2.30. The molecule has 0 saturated carbocycles. The normalized spacial score (nSPS) is 11.3. The van der Waals surface area contributed by atoms with Gasteiger partial charge in [0, 0.05) is 36.5 Å². The Morgan fingerprint density at radius 2 is 1.70 bits per heavy atom. The summed E-state index contributed by atoms with van der Waals surface area (Å²) >= 11 is 3.45. The second-order valence-corrected chi connectivity index (χ2v) is 7.40. The molecule has 0 amide bonds. The minimum atomic E-state index is -0.367. The Morgan fingerprint density at radius 3 is 2.44 bits per heavy atom. The summed E-state index contributed by atoms with van der Waals surface area (Å²) in [6, 6.07) is 11.5. The van der Waals surface area contributed by atoms with Crippen molar-refractivity contribution in [1.29, 1.82) is 0 Å². The van der Waals surface area contributed by atoms with Crippen molar-refractivity contribution >= 4 is 21.6 Å². The minimum absolute atomic E-state index is 0.362. The average molecular weight is 425 g/mol. The highest BCUT2D eigenvalue weighted by molar-refractivity contribution is 9.10. The lowest BCUT2D eigenvalue weighted by atomic mass is 10.00. The predicted molar refractivity (Wildman–Crippen MR) is 109 cm³/mol. The van der Waals surface area contributed by atoms with Gasteiger partial charge in [0.05, 0.1) is 17.0 Å². The Hall–Kier alpha value is -2.93. The number of halogens is 1. The van der Waals surface area contributed by atoms with Gasteiger partial charge in [0.1, 0.15) is 5.65 Å². The molecule has 0 fully saturated rings. The van der Waals surface area contributed by atoms with Crippen LogP contribution in [0.2, 0.25) is 0 Å². The fourth-order valence-electron chi connectivity index (χ4n) is 3.31. The van der Waals surface area contributed by atoms with Crippen molar-refractivity contribution in [3.63, 3.8) is 0 Å². The van der Waals surface area contributed by atoms with Crippen LogP contribution in [0.1, 0.15) is 5.56 Å². The zero-order chi connectivity index (χ0) is 19.3. The number of aromatic nitrogens is 4. The number of aryl methyl sites for hydroxylation is 1. The van der Waals surface area contributed by atoms with Gasteiger partial charge in [-0.1, -0.05) is 24.3 Å². The molecule has 0 saturated heterocycles. The molecule has 27 heavy (non-hydrogen) atoms. The lowest BCUT2D eigenvalue weighted by Gasteiger charge is -2.16. The largest absolute Gasteiger partial charge is 0.330 e. The second kappa shape index (κ2) is 6.35. The molecule has 0 radical (unpaired) electrons. The average Bonchev–Trinajstić information content (AvgIpc) is 3.06. The first-order chi connectivity index (χ1) is 12.9. The predicted octanol–water partition coefficient (Wildman–Crippen LogP) is 3.14. The van der Waals surface area contributed by atoms with Gasteiger partial charge in [-0.3, -0.25) is 13.9 Å². The third-order valence-corrected chi connectivity index (χ3v) is 5.20. The quantitative estimate of drug-likeness (QED) is 0.496. The first kappa shape index (κ1) is 17.5. The van der Waals surface area contributed by atoms with Crippen LogP contribution in [0, 0.1) is 6.92 Å². The number of pyridine rings is 1. The lowest BCUT2D eigenvalue weighted by molar-refractivity contribution is 0.694. The van der Waals surface area contributed by atoms with E-state index in [0.717, 1.165) is 25.8 Å². The minimum Gasteiger partial charge on any atom is -0.305 e. The lowest BCUT2D eigenvalue weighted by Crippen LogP contribution is -2.39. The van der Waals surface area contributed by atoms with Gasteiger partial charge in [0.15, 0.2) is 0 Å². The Balaban J connectivity index is 2.15. The Morgan fingerprint density at radius 1 is 0.963 bits per heavy atom. The topological polar surface area (TPSA) is 61.3 Å². The van der Waals surface area contributed by atoms with Crippen LogP contribution in [0.3, 0.4) is 0 Å². The van der Waals surface area contributed by atoms with E-state index in [1.807, 2.05) is 60.1 Å². The summed E-state index contributed by atoms with van der Waals surface area (Å²) in [4.78, 5) is 30.3. The van der Waals surface area contributed by atoms with Crippen molar-refractivity contribution in [2.45, 2.75) is 6.92 Å². The van der Waals surface area contributed by atoms with Gasteiger partial charge in [-0.2, -0.15) is 0 Å². The molecular formula is C20H17BrN4O2. The molecule has 0 atom stereocenters. The molecule has 136 valence electrons. The molecule has 3 aromatic heterocycles. The molecule has 0 spiro atoms. The molecule has 7 heteroatoms. The highest BCUT2D eigenvalue weighted by atomic mass is 79.9. The summed E-state index contributed by atoms with van der Waals surface area (Å²) in [6.45, 7) is 1.96. The van der Waals surface area contributed by atoms with Crippen LogP contribution in [-0.2, 0) is 14.1 Å². The molecule has 4 rings (SSSR count). The van der Waals surface area contributed by atoms with Crippen LogP contribution < -0.4 is 11.2 Å². The van der Waals surface area contributed by atoms with E-state index in [9.17, 15) is 9.59 Å². The zero-order valence-electron chi connectivity index (χ0n) is 15.1. The highest BCUT2D eigenvalue weighted by Gasteiger charge is 2.21. The van der Waals surface area contributed by atoms with Crippen molar-refractivity contribution < 1.29 is 0 Å². The van der Waals surface area contributed by atoms with E-state index in [1.54, 1.807) is 7.05 Å². The summed E-state index contributed by atoms with van der Waals surface area (Å²) in [5.74, 6) is 0. The van der Waals surface area contributed by atoms with Crippen LogP contribution >= 0.6 is 15.9 Å². The number of benzene rings is 1. The van der Waals surface area contributed by atoms with Gasteiger partial charge in [-0.05, 0) is 40.5 Å². The standard InChI is InChI=1S/C20H17BrN4O2/c1-12-6-4-5-7-14(12)18-17(19(26)24(3)20(27)23(18)2)15-11-25-10-13(21)8-9-16(25)22-15/h4-11H,1-3H3. The van der Waals surface area contributed by atoms with E-state index < -0.39 is 0 Å². The van der Waals surface area contributed by atoms with Crippen LogP contribution in [-0.4, -0.2) is 18.5 Å². The fourth-order valence-corrected chi connectivity index (χ4v) is 3.67. The first-order valence-corrected chi connectivity index (χ1v) is 9.18. The molecule has 3 heterocycles. The number of imidazole rings is 1. The van der Waals surface area contributed by atoms with Crippen molar-refractivity contribution in [3.05, 3.63) is 79.7 Å². The van der Waals surface area contributed by atoms with Gasteiger partial charge < -0.3 is 4.40 Å². The van der Waals surface area contributed by atoms with Gasteiger partial charge in [-0.15, -0.1) is 0 Å². The maximum Gasteiger partial charge on any atom is 0.330 e. The number of nitrogens with zero attached hydrogens (tertiary/aromatic N) is 4. The maximum absolute atomic E-state index is 13.1. The SMILES string of the molecule is Cc1ccccc1-c1c(-c2cn3cc(Br)ccc3n2)c(=O)n(C)c(=O)n1C. The van der Waals surface area contributed by atoms with Crippen molar-refractivity contribution in [3.8, 4) is 22.5 Å². The summed E-state index contributed by atoms with van der Waals surface area (Å²) in [5.41, 5.74) is 3.32. The third kappa shape index (κ3) is 2.75. The molecule has 6 nitrogen and oxygen atoms in total. The molecule has 0 aliphatic rings. The number of fused-ring (bicyclic) bond motifs is 1. The maximum atomic E-state index is 13.1. The summed E-state index contributed by atoms with van der Waals surface area (Å²) < 4.78 is 5.40. The monoisotopic (exact) mass is 424 g/mol. The van der Waals surface area contributed by atoms with Crippen LogP contribution in [0.5, 0.6) is 0 Å². The van der Waals surface area contributed by atoms with E-state index in [2.05, 4.69) is 20.9 Å². The zero-order valence-corrected chi connectivity index (χ0v) is 16.7. The smallest absolute Gasteiger partial charge is 0.305 e. The molecule has 0 aliphatic heterocycles. The van der Waals surface area contributed by atoms with Gasteiger partial charge in [0.2, 0.25) is 0 Å². The number of rotatable bonds is 2. The molecular weight excluding hydrogens is 408 g/mol. The van der Waals surface area contributed by atoms with E-state index in [-0.39, 0.29) is 11.2 Å². The Kier molecular flexibility index (Phi) is 4.11. The van der Waals surface area contributed by atoms with Crippen LogP contribution in [0.4, 0.5) is 0 Å². The van der Waals surface area contributed by atoms with E-state index in [4.69, 9.17) is 0 Å². The Labute approximate surface area is 163 Å². The Bertz CT molecular complexity index is 1310. The van der Waals surface area contributed by atoms with Crippen molar-refractivity contribution in [2.24, 2.45) is 14.1 Å². The molecule has 0 bridgehead atoms. The van der Waals surface area contributed by atoms with E-state index in [1.165, 1.54) is 11.6 Å². The van der Waals surface area contributed by atoms with Gasteiger partial charge >= 0.3 is 5.69 Å². The van der Waals surface area contributed by atoms with Crippen LogP contribution in [0.25, 0.3) is 28.2 Å². The number of hydrogen-bond acceptors (Lipinski definition) is 3. The molecule has 0 N–H and O–H groups in total. The van der Waals surface area contributed by atoms with Crippen molar-refractivity contribution in [2.75, 3.05) is 0 Å². The first-order valence-electron chi connectivity index (χ1n) is 8.39. The van der Waals surface area contributed by atoms with Crippen molar-refractivity contribution in [1.82, 2.24) is 18.5 Å². The fraction of sp³-hybridized carbons (Fsp3) is 0.150. The molecule has 0 unspecified atom stereocenters. The van der Waals surface area contributed by atoms with Crippen LogP contribution in [0.15, 0.2) is 62.9 Å². The third-order valence-electron chi connectivity index (χ3n) is 4.74. The van der Waals surface area contributed by atoms with E-state index in [0.29, 0.717) is 17.0 Å². The van der Waals surface area contributed by atoms with Gasteiger partial charge in [0.25, 0.3) is 5.56 Å². The summed E-state index contributed by atoms with van der Waals surface area (Å²) in [7, 11) is 3.17. The molecule has 4 aromatic rings. The molecule has 0 aliphatic carbocycles. The second-order valence-electron chi connectivity index (χ2n) is 6.48. The summed E-state index contributed by atoms with van der Waals surface area (Å²) in [6.07, 6.45) is 3.69. The van der Waals surface area contributed by atoms with Gasteiger partial charge in [-0.25, -0.2) is 9.78 Å². The number of hydrogen-bond donors (Lipinski definition) is 0. The summed E-state index contributed by atoms with van der Waals surface area (Å²) in [5, 5.41) is 0.